The molecule has 0 bridgehead atoms. The van der Waals surface area contributed by atoms with Gasteiger partial charge >= 0.3 is 0 Å². The molecule has 0 N–H and O–H groups in total. The second-order valence-electron chi connectivity index (χ2n) is 7.21. The monoisotopic (exact) mass is 708 g/mol. The van der Waals surface area contributed by atoms with Crippen LogP contribution >= 0.6 is 0 Å². The Morgan fingerprint density at radius 3 is 0.765 bits per heavy atom. The predicted octanol–water partition coefficient (Wildman–Crippen LogP) is 5.72. The van der Waals surface area contributed by atoms with Crippen molar-refractivity contribution in [1.29, 1.82) is 10.5 Å². The molecule has 0 saturated heterocycles. The predicted molar refractivity (Wildman–Crippen MR) is 147 cm³/mol. The van der Waals surface area contributed by atoms with E-state index in [0.717, 1.165) is 0 Å². The summed E-state index contributed by atoms with van der Waals surface area (Å²) < 4.78 is -0.0602. The Balaban J connectivity index is -0.000000179. The average Bonchev–Trinajstić information content (AvgIpc) is 2.99. The third-order valence-electron chi connectivity index (χ3n) is 5.91. The molecule has 0 saturated carbocycles. The van der Waals surface area contributed by atoms with Crippen molar-refractivity contribution >= 4 is 59.3 Å². The van der Waals surface area contributed by atoms with E-state index in [1.54, 1.807) is 0 Å². The zero-order valence-electron chi connectivity index (χ0n) is 21.1. The zero-order chi connectivity index (χ0) is 25.8. The molecule has 34 heavy (non-hydrogen) atoms. The van der Waals surface area contributed by atoms with E-state index in [4.69, 9.17) is 10.5 Å². The van der Waals surface area contributed by atoms with Crippen LogP contribution in [0.1, 0.15) is 55.6 Å². The molecular weight excluding hydrogens is 678 g/mol. The molecule has 2 radical (unpaired) electrons. The van der Waals surface area contributed by atoms with Gasteiger partial charge in [0.25, 0.3) is 0 Å². The van der Waals surface area contributed by atoms with Gasteiger partial charge in [0.15, 0.2) is 0 Å². The van der Waals surface area contributed by atoms with Crippen molar-refractivity contribution < 1.29 is 39.0 Å². The molecule has 2 rings (SSSR count). The van der Waals surface area contributed by atoms with Crippen LogP contribution in [0, 0.1) is 92.1 Å². The SMILES string of the molecule is Cc1c(C)c(C)[c-](C)c1C.Cc1c(C)c(C)[c-](C)c1C.N#CN=C([S-])[S-].N#CN=C([S-])[S-].[Rh].[Rh]. The molecule has 0 aliphatic heterocycles. The summed E-state index contributed by atoms with van der Waals surface area (Å²) in [6, 6.07) is 0. The van der Waals surface area contributed by atoms with Gasteiger partial charge in [-0.1, -0.05) is 69.2 Å². The van der Waals surface area contributed by atoms with Crippen LogP contribution < -0.4 is 0 Å². The molecule has 0 aliphatic rings. The van der Waals surface area contributed by atoms with E-state index < -0.39 is 0 Å². The van der Waals surface area contributed by atoms with Crippen LogP contribution in [-0.4, -0.2) is 8.75 Å². The fourth-order valence-electron chi connectivity index (χ4n) is 2.89. The summed E-state index contributed by atoms with van der Waals surface area (Å²) in [7, 11) is 0. The number of nitrogens with zero attached hydrogens (tertiary/aromatic N) is 4. The number of hydrogen-bond donors (Lipinski definition) is 0. The molecule has 2 aromatic rings. The quantitative estimate of drug-likeness (QED) is 0.0871. The van der Waals surface area contributed by atoms with Gasteiger partial charge in [0, 0.05) is 39.0 Å². The maximum atomic E-state index is 7.67. The molecule has 0 fully saturated rings. The minimum absolute atomic E-state index is 0. The third kappa shape index (κ3) is 13.9. The molecule has 194 valence electrons. The molecule has 2 aromatic carbocycles. The Kier molecular flexibility index (Phi) is 24.1. The summed E-state index contributed by atoms with van der Waals surface area (Å²) in [4.78, 5) is 5.95. The minimum Gasteiger partial charge on any atom is -0.788 e. The molecular formula is C24H30N4Rh2S4-6. The molecule has 0 heterocycles. The molecule has 10 heteroatoms. The molecule has 4 nitrogen and oxygen atoms in total. The standard InChI is InChI=1S/2C10H15.2C2H2N2S2.2Rh/c2*1-6-7(2)9(4)10(5)8(6)3;2*3-1-4-2(5)6;;/h2*1-5H3;2*(H2,4,5,6);;/q2*-1;;;;/p-4. The first kappa shape index (κ1) is 40.3. The smallest absolute Gasteiger partial charge is 0.202 e. The van der Waals surface area contributed by atoms with Gasteiger partial charge in [-0.05, 0) is 0 Å². The van der Waals surface area contributed by atoms with Crippen LogP contribution in [0.15, 0.2) is 9.98 Å². The van der Waals surface area contributed by atoms with Crippen LogP contribution in [0.3, 0.4) is 0 Å². The van der Waals surface area contributed by atoms with Crippen LogP contribution in [-0.2, 0) is 89.5 Å². The number of aliphatic imine (C=N–C) groups is 2. The largest absolute Gasteiger partial charge is 0.788 e. The van der Waals surface area contributed by atoms with Crippen LogP contribution in [0.25, 0.3) is 0 Å². The number of rotatable bonds is 0. The van der Waals surface area contributed by atoms with Gasteiger partial charge in [0.1, 0.15) is 0 Å². The Hall–Kier alpha value is -0.853. The van der Waals surface area contributed by atoms with Crippen molar-refractivity contribution in [2.24, 2.45) is 9.98 Å². The Morgan fingerprint density at radius 2 is 0.735 bits per heavy atom. The molecule has 0 unspecified atom stereocenters. The summed E-state index contributed by atoms with van der Waals surface area (Å²) >= 11 is 16.9. The number of hydrogen-bond acceptors (Lipinski definition) is 8. The van der Waals surface area contributed by atoms with Gasteiger partial charge in [0.2, 0.25) is 12.4 Å². The number of nitriles is 2. The van der Waals surface area contributed by atoms with E-state index >= 15 is 0 Å². The van der Waals surface area contributed by atoms with Gasteiger partial charge < -0.3 is 50.5 Å². The summed E-state index contributed by atoms with van der Waals surface area (Å²) in [5, 5.41) is 15.3. The minimum atomic E-state index is -0.0301. The molecule has 0 atom stereocenters. The Labute approximate surface area is 254 Å². The van der Waals surface area contributed by atoms with Gasteiger partial charge in [-0.3, -0.25) is 0 Å². The molecule has 0 spiro atoms. The summed E-state index contributed by atoms with van der Waals surface area (Å²) in [5.74, 6) is 0. The van der Waals surface area contributed by atoms with E-state index in [9.17, 15) is 0 Å². The molecule has 0 aromatic heterocycles. The van der Waals surface area contributed by atoms with Gasteiger partial charge in [-0.25, -0.2) is 18.7 Å². The first-order valence-corrected chi connectivity index (χ1v) is 11.3. The van der Waals surface area contributed by atoms with Crippen LogP contribution in [0.2, 0.25) is 0 Å². The van der Waals surface area contributed by atoms with E-state index in [1.165, 1.54) is 68.0 Å². The van der Waals surface area contributed by atoms with Gasteiger partial charge in [0.05, 0.1) is 0 Å². The fourth-order valence-corrected chi connectivity index (χ4v) is 3.06. The average molecular weight is 709 g/mol. The normalized spacial score (nSPS) is 8.24. The Bertz CT molecular complexity index is 800. The van der Waals surface area contributed by atoms with Crippen LogP contribution in [0.5, 0.6) is 0 Å². The second-order valence-corrected chi connectivity index (χ2v) is 9.27. The first-order chi connectivity index (χ1) is 14.6. The van der Waals surface area contributed by atoms with E-state index in [1.807, 2.05) is 0 Å². The van der Waals surface area contributed by atoms with Crippen molar-refractivity contribution in [3.63, 3.8) is 0 Å². The summed E-state index contributed by atoms with van der Waals surface area (Å²) in [6.07, 6.45) is 2.89. The summed E-state index contributed by atoms with van der Waals surface area (Å²) in [5.41, 5.74) is 14.7. The zero-order valence-corrected chi connectivity index (χ0v) is 27.6. The van der Waals surface area contributed by atoms with Crippen molar-refractivity contribution in [2.45, 2.75) is 69.2 Å². The van der Waals surface area contributed by atoms with Gasteiger partial charge in [-0.15, -0.1) is 0 Å². The fraction of sp³-hybridized carbons (Fsp3) is 0.417. The summed E-state index contributed by atoms with van der Waals surface area (Å²) in [6.45, 7) is 22.0. The topological polar surface area (TPSA) is 72.3 Å². The van der Waals surface area contributed by atoms with Crippen molar-refractivity contribution in [3.05, 3.63) is 55.6 Å². The van der Waals surface area contributed by atoms with Gasteiger partial charge in [-0.2, -0.15) is 66.2 Å². The Morgan fingerprint density at radius 1 is 0.559 bits per heavy atom. The van der Waals surface area contributed by atoms with E-state index in [0.29, 0.717) is 0 Å². The van der Waals surface area contributed by atoms with Crippen molar-refractivity contribution in [2.75, 3.05) is 0 Å². The molecule has 0 aliphatic carbocycles. The van der Waals surface area contributed by atoms with Crippen molar-refractivity contribution in [3.8, 4) is 12.4 Å². The molecule has 0 amide bonds. The van der Waals surface area contributed by atoms with Crippen LogP contribution in [0.4, 0.5) is 0 Å². The third-order valence-corrected chi connectivity index (χ3v) is 6.27. The first-order valence-electron chi connectivity index (χ1n) is 9.66. The second kappa shape index (κ2) is 20.4. The maximum absolute atomic E-state index is 7.67. The maximum Gasteiger partial charge on any atom is 0.202 e. The van der Waals surface area contributed by atoms with Crippen molar-refractivity contribution in [1.82, 2.24) is 0 Å². The van der Waals surface area contributed by atoms with E-state index in [2.05, 4.69) is 130 Å². The van der Waals surface area contributed by atoms with E-state index in [-0.39, 0.29) is 47.7 Å².